The quantitative estimate of drug-likeness (QED) is 0.156. The predicted octanol–water partition coefficient (Wildman–Crippen LogP) is 17.7. The lowest BCUT2D eigenvalue weighted by molar-refractivity contribution is 0.793. The van der Waals surface area contributed by atoms with E-state index < -0.39 is 5.41 Å². The van der Waals surface area contributed by atoms with Crippen LogP contribution in [-0.4, -0.2) is 4.57 Å². The zero-order valence-corrected chi connectivity index (χ0v) is 37.6. The Kier molecular flexibility index (Phi) is 8.02. The summed E-state index contributed by atoms with van der Waals surface area (Å²) in [5.74, 6) is 0. The number of rotatable bonds is 5. The van der Waals surface area contributed by atoms with Crippen molar-refractivity contribution >= 4 is 71.2 Å². The van der Waals surface area contributed by atoms with Crippen molar-refractivity contribution in [3.63, 3.8) is 0 Å². The predicted molar refractivity (Wildman–Crippen MR) is 290 cm³/mol. The third-order valence-corrected chi connectivity index (χ3v) is 15.4. The summed E-state index contributed by atoms with van der Waals surface area (Å²) in [6, 6.07) is 95.0. The minimum atomic E-state index is -0.479. The van der Waals surface area contributed by atoms with Crippen molar-refractivity contribution in [3.8, 4) is 39.1 Å². The van der Waals surface area contributed by atoms with Crippen molar-refractivity contribution in [2.45, 2.75) is 5.41 Å². The average molecular weight is 875 g/mol. The first-order valence-electron chi connectivity index (χ1n) is 24.0. The van der Waals surface area contributed by atoms with Crippen LogP contribution in [0.15, 0.2) is 255 Å². The van der Waals surface area contributed by atoms with Gasteiger partial charge in [-0.3, -0.25) is 0 Å². The van der Waals surface area contributed by atoms with Crippen LogP contribution in [0.25, 0.3) is 93.2 Å². The monoisotopic (exact) mass is 874 g/mol. The molecule has 0 bridgehead atoms. The number of anilines is 3. The Morgan fingerprint density at radius 2 is 0.768 bits per heavy atom. The van der Waals surface area contributed by atoms with Gasteiger partial charge in [-0.2, -0.15) is 0 Å². The summed E-state index contributed by atoms with van der Waals surface area (Å²) in [5, 5.41) is 9.98. The third-order valence-electron chi connectivity index (χ3n) is 15.4. The smallest absolute Gasteiger partial charge is 0.0726 e. The molecule has 1 heterocycles. The number of hydrogen-bond donors (Lipinski definition) is 0. The van der Waals surface area contributed by atoms with Crippen LogP contribution in [0, 0.1) is 0 Å². The van der Waals surface area contributed by atoms with Gasteiger partial charge in [0.2, 0.25) is 0 Å². The van der Waals surface area contributed by atoms with Gasteiger partial charge in [-0.15, -0.1) is 0 Å². The van der Waals surface area contributed by atoms with Gasteiger partial charge in [0.1, 0.15) is 0 Å². The van der Waals surface area contributed by atoms with Gasteiger partial charge in [0.05, 0.1) is 22.1 Å². The van der Waals surface area contributed by atoms with Gasteiger partial charge in [-0.1, -0.05) is 200 Å². The molecule has 1 spiro atoms. The fourth-order valence-corrected chi connectivity index (χ4v) is 12.7. The zero-order chi connectivity index (χ0) is 45.2. The van der Waals surface area contributed by atoms with Crippen molar-refractivity contribution in [3.05, 3.63) is 277 Å². The fourth-order valence-electron chi connectivity index (χ4n) is 12.7. The molecule has 2 nitrogen and oxygen atoms in total. The van der Waals surface area contributed by atoms with Crippen LogP contribution in [0.4, 0.5) is 17.1 Å². The number of nitrogens with zero attached hydrogens (tertiary/aromatic N) is 2. The van der Waals surface area contributed by atoms with Crippen LogP contribution in [0.1, 0.15) is 22.3 Å². The standard InChI is InChI=1S/C67H42N2/c1-2-20-44(21-3-1)69-62-36-15-11-30-57(62)65-47(31-17-38-64(65)69)43-19-16-22-45(41-43)68(63-37-18-32-56-50-24-5-4-23-48(50)49-25-6-7-29-55(49)66(56)63)46-39-40-54-53-28-10-14-35-60(53)67(61(54)42-46)58-33-12-8-26-51(58)52-27-9-13-34-59(52)67/h1-42H. The molecule has 0 radical (unpaired) electrons. The molecule has 15 rings (SSSR count). The number of aromatic nitrogens is 1. The Bertz CT molecular complexity index is 4160. The molecule has 2 aliphatic carbocycles. The molecule has 0 atom stereocenters. The van der Waals surface area contributed by atoms with E-state index in [9.17, 15) is 0 Å². The summed E-state index contributed by atoms with van der Waals surface area (Å²) in [4.78, 5) is 2.55. The minimum Gasteiger partial charge on any atom is -0.310 e. The second-order valence-corrected chi connectivity index (χ2v) is 18.7. The molecule has 0 saturated carbocycles. The molecule has 2 heteroatoms. The number of para-hydroxylation sites is 2. The molecular formula is C67H42N2. The Hall–Kier alpha value is -8.98. The highest BCUT2D eigenvalue weighted by Crippen LogP contribution is 2.63. The molecule has 0 aliphatic heterocycles. The minimum absolute atomic E-state index is 0.479. The lowest BCUT2D eigenvalue weighted by Gasteiger charge is -2.32. The van der Waals surface area contributed by atoms with E-state index in [1.54, 1.807) is 0 Å². The normalized spacial score (nSPS) is 13.0. The van der Waals surface area contributed by atoms with E-state index in [1.807, 2.05) is 0 Å². The summed E-state index contributed by atoms with van der Waals surface area (Å²) in [6.07, 6.45) is 0. The summed E-state index contributed by atoms with van der Waals surface area (Å²) < 4.78 is 2.41. The molecule has 0 unspecified atom stereocenters. The van der Waals surface area contributed by atoms with E-state index in [0.717, 1.165) is 22.7 Å². The number of hydrogen-bond acceptors (Lipinski definition) is 1. The van der Waals surface area contributed by atoms with E-state index in [2.05, 4.69) is 264 Å². The third kappa shape index (κ3) is 5.20. The van der Waals surface area contributed by atoms with E-state index in [0.29, 0.717) is 0 Å². The van der Waals surface area contributed by atoms with E-state index in [1.165, 1.54) is 110 Å². The van der Waals surface area contributed by atoms with Gasteiger partial charge in [0, 0.05) is 33.2 Å². The second kappa shape index (κ2) is 14.5. The van der Waals surface area contributed by atoms with Crippen molar-refractivity contribution in [2.24, 2.45) is 0 Å². The van der Waals surface area contributed by atoms with Crippen LogP contribution in [0.5, 0.6) is 0 Å². The maximum atomic E-state index is 2.55. The van der Waals surface area contributed by atoms with Gasteiger partial charge in [-0.05, 0) is 137 Å². The van der Waals surface area contributed by atoms with Crippen molar-refractivity contribution in [1.82, 2.24) is 4.57 Å². The van der Waals surface area contributed by atoms with Crippen LogP contribution < -0.4 is 4.90 Å². The SMILES string of the molecule is c1ccc(-n2c3ccccc3c3c(-c4cccc(N(c5ccc6c(c5)C5(c7ccccc7-c7ccccc75)c5ccccc5-6)c5cccc6c7ccccc7c7ccccc7c56)c4)cccc32)cc1. The molecule has 1 aromatic heterocycles. The lowest BCUT2D eigenvalue weighted by atomic mass is 9.70. The molecule has 320 valence electrons. The molecular weight excluding hydrogens is 833 g/mol. The van der Waals surface area contributed by atoms with Gasteiger partial charge < -0.3 is 9.47 Å². The Balaban J connectivity index is 1.03. The van der Waals surface area contributed by atoms with Crippen molar-refractivity contribution in [2.75, 3.05) is 4.90 Å². The summed E-state index contributed by atoms with van der Waals surface area (Å²) in [5.41, 5.74) is 19.3. The molecule has 12 aromatic carbocycles. The summed E-state index contributed by atoms with van der Waals surface area (Å²) in [6.45, 7) is 0. The zero-order valence-electron chi connectivity index (χ0n) is 37.6. The van der Waals surface area contributed by atoms with Crippen LogP contribution in [0.3, 0.4) is 0 Å². The summed E-state index contributed by atoms with van der Waals surface area (Å²) >= 11 is 0. The van der Waals surface area contributed by atoms with Gasteiger partial charge in [0.15, 0.2) is 0 Å². The fraction of sp³-hybridized carbons (Fsp3) is 0.0149. The molecule has 0 fully saturated rings. The second-order valence-electron chi connectivity index (χ2n) is 18.7. The maximum absolute atomic E-state index is 2.55. The van der Waals surface area contributed by atoms with Crippen LogP contribution in [-0.2, 0) is 5.41 Å². The van der Waals surface area contributed by atoms with Crippen LogP contribution >= 0.6 is 0 Å². The van der Waals surface area contributed by atoms with E-state index in [-0.39, 0.29) is 0 Å². The first-order valence-corrected chi connectivity index (χ1v) is 24.0. The Labute approximate surface area is 400 Å². The van der Waals surface area contributed by atoms with Crippen LogP contribution in [0.2, 0.25) is 0 Å². The molecule has 2 aliphatic rings. The highest BCUT2D eigenvalue weighted by Gasteiger charge is 2.51. The van der Waals surface area contributed by atoms with E-state index in [4.69, 9.17) is 0 Å². The maximum Gasteiger partial charge on any atom is 0.0726 e. The first kappa shape index (κ1) is 38.2. The van der Waals surface area contributed by atoms with Crippen molar-refractivity contribution in [1.29, 1.82) is 0 Å². The number of fused-ring (bicyclic) bond motifs is 19. The van der Waals surface area contributed by atoms with Crippen molar-refractivity contribution < 1.29 is 0 Å². The molecule has 13 aromatic rings. The Morgan fingerprint density at radius 3 is 1.45 bits per heavy atom. The molecule has 0 N–H and O–H groups in total. The summed E-state index contributed by atoms with van der Waals surface area (Å²) in [7, 11) is 0. The molecule has 69 heavy (non-hydrogen) atoms. The highest BCUT2D eigenvalue weighted by molar-refractivity contribution is 6.29. The average Bonchev–Trinajstić information content (AvgIpc) is 4.03. The highest BCUT2D eigenvalue weighted by atomic mass is 15.1. The first-order chi connectivity index (χ1) is 34.3. The molecule has 0 amide bonds. The largest absolute Gasteiger partial charge is 0.310 e. The van der Waals surface area contributed by atoms with Gasteiger partial charge in [-0.25, -0.2) is 0 Å². The molecule has 0 saturated heterocycles. The van der Waals surface area contributed by atoms with Gasteiger partial charge in [0.25, 0.3) is 0 Å². The van der Waals surface area contributed by atoms with Gasteiger partial charge >= 0.3 is 0 Å². The lowest BCUT2D eigenvalue weighted by Crippen LogP contribution is -2.26. The number of benzene rings is 12. The Morgan fingerprint density at radius 1 is 0.290 bits per heavy atom. The van der Waals surface area contributed by atoms with E-state index >= 15 is 0 Å². The topological polar surface area (TPSA) is 8.17 Å².